The molecule has 0 saturated carbocycles. The molecule has 0 aliphatic carbocycles. The maximum absolute atomic E-state index is 13.1. The SMILES string of the molecule is COc1cc(C(=O)N(C)C2CCN(C(C)C)CC2)cc(Cl)c1OCCC(C)C. The fourth-order valence-corrected chi connectivity index (χ4v) is 3.80. The van der Waals surface area contributed by atoms with E-state index in [4.69, 9.17) is 21.1 Å². The Morgan fingerprint density at radius 2 is 1.89 bits per heavy atom. The average Bonchev–Trinajstić information content (AvgIpc) is 2.67. The summed E-state index contributed by atoms with van der Waals surface area (Å²) in [6.07, 6.45) is 2.90. The third kappa shape index (κ3) is 5.77. The van der Waals surface area contributed by atoms with Crippen LogP contribution in [0.1, 0.15) is 57.3 Å². The summed E-state index contributed by atoms with van der Waals surface area (Å²) in [7, 11) is 3.45. The second kappa shape index (κ2) is 10.4. The summed E-state index contributed by atoms with van der Waals surface area (Å²) in [5, 5.41) is 0.412. The van der Waals surface area contributed by atoms with Gasteiger partial charge in [0, 0.05) is 37.8 Å². The number of benzene rings is 1. The Labute approximate surface area is 174 Å². The van der Waals surface area contributed by atoms with E-state index in [1.165, 1.54) is 0 Å². The van der Waals surface area contributed by atoms with E-state index < -0.39 is 0 Å². The molecule has 1 saturated heterocycles. The van der Waals surface area contributed by atoms with Gasteiger partial charge < -0.3 is 19.3 Å². The summed E-state index contributed by atoms with van der Waals surface area (Å²) in [5.74, 6) is 1.52. The number of ether oxygens (including phenoxy) is 2. The number of rotatable bonds is 8. The highest BCUT2D eigenvalue weighted by Gasteiger charge is 2.28. The van der Waals surface area contributed by atoms with Crippen molar-refractivity contribution in [1.82, 2.24) is 9.80 Å². The Kier molecular flexibility index (Phi) is 8.44. The molecule has 0 aromatic heterocycles. The highest BCUT2D eigenvalue weighted by molar-refractivity contribution is 6.32. The molecular formula is C22H35ClN2O3. The van der Waals surface area contributed by atoms with Crippen molar-refractivity contribution < 1.29 is 14.3 Å². The van der Waals surface area contributed by atoms with Gasteiger partial charge in [-0.25, -0.2) is 0 Å². The molecule has 28 heavy (non-hydrogen) atoms. The lowest BCUT2D eigenvalue weighted by molar-refractivity contribution is 0.0615. The van der Waals surface area contributed by atoms with Crippen LogP contribution < -0.4 is 9.47 Å². The van der Waals surface area contributed by atoms with E-state index in [9.17, 15) is 4.79 Å². The minimum Gasteiger partial charge on any atom is -0.493 e. The van der Waals surface area contributed by atoms with Crippen molar-refractivity contribution in [3.63, 3.8) is 0 Å². The van der Waals surface area contributed by atoms with Crippen LogP contribution in [0.15, 0.2) is 12.1 Å². The zero-order chi connectivity index (χ0) is 20.8. The lowest BCUT2D eigenvalue weighted by Gasteiger charge is -2.38. The molecule has 5 nitrogen and oxygen atoms in total. The van der Waals surface area contributed by atoms with Crippen LogP contribution in [0.4, 0.5) is 0 Å². The van der Waals surface area contributed by atoms with Crippen LogP contribution in [-0.2, 0) is 0 Å². The molecule has 0 unspecified atom stereocenters. The molecule has 2 rings (SSSR count). The maximum atomic E-state index is 13.1. The third-order valence-electron chi connectivity index (χ3n) is 5.52. The molecule has 158 valence electrons. The van der Waals surface area contributed by atoms with Gasteiger partial charge in [-0.3, -0.25) is 4.79 Å². The number of likely N-dealkylation sites (tertiary alicyclic amines) is 1. The summed E-state index contributed by atoms with van der Waals surface area (Å²) in [6.45, 7) is 11.3. The van der Waals surface area contributed by atoms with E-state index in [0.29, 0.717) is 40.7 Å². The normalized spacial score (nSPS) is 15.9. The molecule has 0 bridgehead atoms. The number of hydrogen-bond acceptors (Lipinski definition) is 4. The van der Waals surface area contributed by atoms with Crippen LogP contribution in [0.2, 0.25) is 5.02 Å². The largest absolute Gasteiger partial charge is 0.493 e. The number of carbonyl (C=O) groups is 1. The predicted octanol–water partition coefficient (Wildman–Crippen LogP) is 4.72. The Morgan fingerprint density at radius 1 is 1.25 bits per heavy atom. The first-order valence-electron chi connectivity index (χ1n) is 10.3. The lowest BCUT2D eigenvalue weighted by atomic mass is 10.0. The van der Waals surface area contributed by atoms with Gasteiger partial charge in [0.15, 0.2) is 11.5 Å². The van der Waals surface area contributed by atoms with E-state index in [0.717, 1.165) is 32.4 Å². The van der Waals surface area contributed by atoms with E-state index in [2.05, 4.69) is 32.6 Å². The van der Waals surface area contributed by atoms with Crippen molar-refractivity contribution in [2.24, 2.45) is 5.92 Å². The molecule has 0 radical (unpaired) electrons. The van der Waals surface area contributed by atoms with Crippen molar-refractivity contribution in [3.05, 3.63) is 22.7 Å². The van der Waals surface area contributed by atoms with Crippen LogP contribution in [-0.4, -0.2) is 61.6 Å². The number of piperidine rings is 1. The molecule has 1 amide bonds. The first kappa shape index (κ1) is 22.8. The standard InChI is InChI=1S/C22H35ClN2O3/c1-15(2)9-12-28-21-19(23)13-17(14-20(21)27-6)22(26)24(5)18-7-10-25(11-8-18)16(3)4/h13-16,18H,7-12H2,1-6H3. The van der Waals surface area contributed by atoms with Gasteiger partial charge in [0.05, 0.1) is 18.7 Å². The molecule has 1 fully saturated rings. The molecular weight excluding hydrogens is 376 g/mol. The summed E-state index contributed by atoms with van der Waals surface area (Å²) in [6, 6.07) is 4.22. The number of amides is 1. The van der Waals surface area contributed by atoms with Crippen molar-refractivity contribution in [2.45, 2.75) is 59.0 Å². The molecule has 1 heterocycles. The highest BCUT2D eigenvalue weighted by Crippen LogP contribution is 2.37. The van der Waals surface area contributed by atoms with Crippen LogP contribution in [0.5, 0.6) is 11.5 Å². The molecule has 1 aromatic carbocycles. The smallest absolute Gasteiger partial charge is 0.254 e. The Balaban J connectivity index is 2.09. The van der Waals surface area contributed by atoms with E-state index in [1.807, 2.05) is 11.9 Å². The van der Waals surface area contributed by atoms with Crippen LogP contribution >= 0.6 is 11.6 Å². The summed E-state index contributed by atoms with van der Waals surface area (Å²) >= 11 is 6.43. The van der Waals surface area contributed by atoms with Gasteiger partial charge in [0.25, 0.3) is 5.91 Å². The van der Waals surface area contributed by atoms with Gasteiger partial charge in [-0.1, -0.05) is 25.4 Å². The van der Waals surface area contributed by atoms with Gasteiger partial charge in [0.2, 0.25) is 0 Å². The van der Waals surface area contributed by atoms with E-state index >= 15 is 0 Å². The van der Waals surface area contributed by atoms with Gasteiger partial charge in [0.1, 0.15) is 0 Å². The topological polar surface area (TPSA) is 42.0 Å². The van der Waals surface area contributed by atoms with Crippen molar-refractivity contribution >= 4 is 17.5 Å². The maximum Gasteiger partial charge on any atom is 0.254 e. The minimum absolute atomic E-state index is 0.0306. The number of halogens is 1. The van der Waals surface area contributed by atoms with Crippen molar-refractivity contribution in [3.8, 4) is 11.5 Å². The quantitative estimate of drug-likeness (QED) is 0.621. The zero-order valence-electron chi connectivity index (χ0n) is 18.1. The van der Waals surface area contributed by atoms with E-state index in [-0.39, 0.29) is 11.9 Å². The first-order valence-corrected chi connectivity index (χ1v) is 10.6. The Bertz CT molecular complexity index is 655. The van der Waals surface area contributed by atoms with Crippen molar-refractivity contribution in [1.29, 1.82) is 0 Å². The second-order valence-corrected chi connectivity index (χ2v) is 8.70. The third-order valence-corrected chi connectivity index (χ3v) is 5.80. The number of carbonyl (C=O) groups excluding carboxylic acids is 1. The Hall–Kier alpha value is -1.46. The van der Waals surface area contributed by atoms with Crippen LogP contribution in [0.25, 0.3) is 0 Å². The molecule has 6 heteroatoms. The first-order chi connectivity index (χ1) is 13.2. The molecule has 0 spiro atoms. The van der Waals surface area contributed by atoms with Gasteiger partial charge in [-0.15, -0.1) is 0 Å². The van der Waals surface area contributed by atoms with Gasteiger partial charge >= 0.3 is 0 Å². The highest BCUT2D eigenvalue weighted by atomic mass is 35.5. The molecule has 1 aromatic rings. The average molecular weight is 411 g/mol. The fourth-order valence-electron chi connectivity index (χ4n) is 3.54. The van der Waals surface area contributed by atoms with E-state index in [1.54, 1.807) is 19.2 Å². The van der Waals surface area contributed by atoms with Crippen LogP contribution in [0.3, 0.4) is 0 Å². The van der Waals surface area contributed by atoms with Gasteiger partial charge in [-0.05, 0) is 51.2 Å². The molecule has 0 atom stereocenters. The summed E-state index contributed by atoms with van der Waals surface area (Å²) < 4.78 is 11.3. The molecule has 0 N–H and O–H groups in total. The van der Waals surface area contributed by atoms with Crippen molar-refractivity contribution in [2.75, 3.05) is 33.9 Å². The molecule has 1 aliphatic heterocycles. The summed E-state index contributed by atoms with van der Waals surface area (Å²) in [4.78, 5) is 17.4. The van der Waals surface area contributed by atoms with Gasteiger partial charge in [-0.2, -0.15) is 0 Å². The second-order valence-electron chi connectivity index (χ2n) is 8.30. The Morgan fingerprint density at radius 3 is 2.43 bits per heavy atom. The zero-order valence-corrected chi connectivity index (χ0v) is 18.9. The number of hydrogen-bond donors (Lipinski definition) is 0. The van der Waals surface area contributed by atoms with Crippen LogP contribution in [0, 0.1) is 5.92 Å². The monoisotopic (exact) mass is 410 g/mol. The lowest BCUT2D eigenvalue weighted by Crippen LogP contribution is -2.47. The number of methoxy groups -OCH3 is 1. The number of nitrogens with zero attached hydrogens (tertiary/aromatic N) is 2. The minimum atomic E-state index is -0.0306. The predicted molar refractivity (Wildman–Crippen MR) is 115 cm³/mol. The molecule has 1 aliphatic rings. The summed E-state index contributed by atoms with van der Waals surface area (Å²) in [5.41, 5.74) is 0.534. The fraction of sp³-hybridized carbons (Fsp3) is 0.682.